The summed E-state index contributed by atoms with van der Waals surface area (Å²) in [4.78, 5) is 20.8. The first-order chi connectivity index (χ1) is 9.02. The van der Waals surface area contributed by atoms with Crippen LogP contribution < -0.4 is 0 Å². The number of carbonyl (C=O) groups excluding carboxylic acids is 1. The van der Waals surface area contributed by atoms with Crippen molar-refractivity contribution in [3.05, 3.63) is 11.6 Å². The largest absolute Gasteiger partial charge is 0.333 e. The van der Waals surface area contributed by atoms with E-state index in [1.165, 1.54) is 0 Å². The van der Waals surface area contributed by atoms with Gasteiger partial charge < -0.3 is 4.90 Å². The van der Waals surface area contributed by atoms with Crippen molar-refractivity contribution in [2.24, 2.45) is 0 Å². The van der Waals surface area contributed by atoms with Gasteiger partial charge in [0.05, 0.1) is 0 Å². The normalized spacial score (nSPS) is 21.1. The van der Waals surface area contributed by atoms with E-state index in [0.717, 1.165) is 31.9 Å². The van der Waals surface area contributed by atoms with Crippen molar-refractivity contribution in [3.8, 4) is 0 Å². The minimum Gasteiger partial charge on any atom is -0.333 e. The molecule has 1 unspecified atom stereocenters. The van der Waals surface area contributed by atoms with Gasteiger partial charge in [0.25, 0.3) is 5.91 Å². The summed E-state index contributed by atoms with van der Waals surface area (Å²) in [7, 11) is 2.11. The minimum atomic E-state index is -0.0605. The first-order valence-electron chi connectivity index (χ1n) is 6.94. The Balaban J connectivity index is 2.06. The Morgan fingerprint density at radius 1 is 1.47 bits per heavy atom. The van der Waals surface area contributed by atoms with Crippen molar-refractivity contribution >= 4 is 5.91 Å². The summed E-state index contributed by atoms with van der Waals surface area (Å²) in [6.45, 7) is 8.62. The molecule has 0 radical (unpaired) electrons. The van der Waals surface area contributed by atoms with E-state index in [1.807, 2.05) is 18.7 Å². The highest BCUT2D eigenvalue weighted by atomic mass is 16.2. The monoisotopic (exact) mass is 265 g/mol. The third-order valence-corrected chi connectivity index (χ3v) is 3.78. The predicted molar refractivity (Wildman–Crippen MR) is 73.1 cm³/mol. The predicted octanol–water partition coefficient (Wildman–Crippen LogP) is 1.09. The highest BCUT2D eigenvalue weighted by Gasteiger charge is 2.28. The standard InChI is InChI=1S/C13H23N5O/c1-5-10-8-18(7-6-17(10)4)13(19)12-14-11(9(2)3)15-16-12/h9-10H,5-8H2,1-4H3,(H,14,15,16). The number of H-pyrrole nitrogens is 1. The van der Waals surface area contributed by atoms with E-state index < -0.39 is 0 Å². The fraction of sp³-hybridized carbons (Fsp3) is 0.769. The molecule has 106 valence electrons. The third kappa shape index (κ3) is 2.94. The van der Waals surface area contributed by atoms with E-state index in [9.17, 15) is 4.79 Å². The van der Waals surface area contributed by atoms with Crippen LogP contribution in [0.1, 0.15) is 49.6 Å². The average Bonchev–Trinajstić information content (AvgIpc) is 2.88. The van der Waals surface area contributed by atoms with Crippen molar-refractivity contribution in [2.45, 2.75) is 39.2 Å². The molecule has 1 aliphatic rings. The smallest absolute Gasteiger partial charge is 0.293 e. The van der Waals surface area contributed by atoms with E-state index in [1.54, 1.807) is 0 Å². The summed E-state index contributed by atoms with van der Waals surface area (Å²) in [5.41, 5.74) is 0. The zero-order valence-corrected chi connectivity index (χ0v) is 12.2. The van der Waals surface area contributed by atoms with Crippen LogP contribution in [0, 0.1) is 0 Å². The lowest BCUT2D eigenvalue weighted by Crippen LogP contribution is -2.53. The van der Waals surface area contributed by atoms with Crippen molar-refractivity contribution in [1.29, 1.82) is 0 Å². The number of amides is 1. The van der Waals surface area contributed by atoms with Crippen molar-refractivity contribution < 1.29 is 4.79 Å². The van der Waals surface area contributed by atoms with Crippen LogP contribution in [0.25, 0.3) is 0 Å². The van der Waals surface area contributed by atoms with Gasteiger partial charge in [-0.3, -0.25) is 14.8 Å². The summed E-state index contributed by atoms with van der Waals surface area (Å²) in [6, 6.07) is 0.432. The molecule has 19 heavy (non-hydrogen) atoms. The molecule has 2 rings (SSSR count). The van der Waals surface area contributed by atoms with Gasteiger partial charge in [0.2, 0.25) is 5.82 Å². The molecule has 6 nitrogen and oxygen atoms in total. The number of hydrogen-bond donors (Lipinski definition) is 1. The Labute approximate surface area is 114 Å². The van der Waals surface area contributed by atoms with E-state index in [0.29, 0.717) is 11.9 Å². The maximum Gasteiger partial charge on any atom is 0.293 e. The molecule has 6 heteroatoms. The first-order valence-corrected chi connectivity index (χ1v) is 6.94. The number of nitrogens with one attached hydrogen (secondary N) is 1. The second kappa shape index (κ2) is 5.69. The molecule has 1 aromatic heterocycles. The Morgan fingerprint density at radius 3 is 2.79 bits per heavy atom. The van der Waals surface area contributed by atoms with E-state index in [2.05, 4.69) is 34.1 Å². The maximum absolute atomic E-state index is 12.4. The summed E-state index contributed by atoms with van der Waals surface area (Å²) in [5, 5.41) is 6.88. The van der Waals surface area contributed by atoms with Crippen LogP contribution in [-0.2, 0) is 0 Å². The fourth-order valence-electron chi connectivity index (χ4n) is 2.34. The lowest BCUT2D eigenvalue weighted by molar-refractivity contribution is 0.0531. The van der Waals surface area contributed by atoms with Crippen LogP contribution in [0.5, 0.6) is 0 Å². The van der Waals surface area contributed by atoms with Gasteiger partial charge in [0, 0.05) is 31.6 Å². The molecule has 1 saturated heterocycles. The Hall–Kier alpha value is -1.43. The molecule has 1 atom stereocenters. The Bertz CT molecular complexity index is 442. The SMILES string of the molecule is CCC1CN(C(=O)c2n[nH]c(C(C)C)n2)CCN1C. The number of carbonyl (C=O) groups is 1. The number of aromatic amines is 1. The summed E-state index contributed by atoms with van der Waals surface area (Å²) < 4.78 is 0. The van der Waals surface area contributed by atoms with Gasteiger partial charge in [-0.25, -0.2) is 4.98 Å². The van der Waals surface area contributed by atoms with Gasteiger partial charge in [-0.2, -0.15) is 0 Å². The zero-order valence-electron chi connectivity index (χ0n) is 12.2. The second-order valence-corrected chi connectivity index (χ2v) is 5.49. The molecule has 2 heterocycles. The second-order valence-electron chi connectivity index (χ2n) is 5.49. The number of likely N-dealkylation sites (N-methyl/N-ethyl adjacent to an activating group) is 1. The molecular formula is C13H23N5O. The molecule has 0 bridgehead atoms. The molecule has 0 aromatic carbocycles. The van der Waals surface area contributed by atoms with E-state index in [-0.39, 0.29) is 11.8 Å². The van der Waals surface area contributed by atoms with Crippen molar-refractivity contribution in [1.82, 2.24) is 25.0 Å². The highest BCUT2D eigenvalue weighted by Crippen LogP contribution is 2.14. The fourth-order valence-corrected chi connectivity index (χ4v) is 2.34. The molecule has 0 saturated carbocycles. The lowest BCUT2D eigenvalue weighted by Gasteiger charge is -2.38. The van der Waals surface area contributed by atoms with Gasteiger partial charge in [0.1, 0.15) is 5.82 Å². The number of nitrogens with zero attached hydrogens (tertiary/aromatic N) is 4. The number of piperazine rings is 1. The van der Waals surface area contributed by atoms with Crippen LogP contribution >= 0.6 is 0 Å². The van der Waals surface area contributed by atoms with Crippen molar-refractivity contribution in [3.63, 3.8) is 0 Å². The van der Waals surface area contributed by atoms with Gasteiger partial charge in [-0.15, -0.1) is 5.10 Å². The quantitative estimate of drug-likeness (QED) is 0.888. The third-order valence-electron chi connectivity index (χ3n) is 3.78. The molecule has 1 amide bonds. The number of rotatable bonds is 3. The topological polar surface area (TPSA) is 65.1 Å². The Kier molecular flexibility index (Phi) is 4.19. The van der Waals surface area contributed by atoms with Crippen molar-refractivity contribution in [2.75, 3.05) is 26.7 Å². The summed E-state index contributed by atoms with van der Waals surface area (Å²) in [5.74, 6) is 1.26. The van der Waals surface area contributed by atoms with Crippen LogP contribution in [0.15, 0.2) is 0 Å². The average molecular weight is 265 g/mol. The summed E-state index contributed by atoms with van der Waals surface area (Å²) in [6.07, 6.45) is 1.05. The van der Waals surface area contributed by atoms with Gasteiger partial charge in [-0.05, 0) is 13.5 Å². The Morgan fingerprint density at radius 2 is 2.21 bits per heavy atom. The minimum absolute atomic E-state index is 0.0605. The van der Waals surface area contributed by atoms with Crippen LogP contribution in [0.3, 0.4) is 0 Å². The molecule has 1 fully saturated rings. The van der Waals surface area contributed by atoms with E-state index in [4.69, 9.17) is 0 Å². The van der Waals surface area contributed by atoms with Crippen LogP contribution in [0.2, 0.25) is 0 Å². The molecule has 1 N–H and O–H groups in total. The van der Waals surface area contributed by atoms with Gasteiger partial charge in [0.15, 0.2) is 0 Å². The highest BCUT2D eigenvalue weighted by molar-refractivity contribution is 5.90. The van der Waals surface area contributed by atoms with Gasteiger partial charge >= 0.3 is 0 Å². The van der Waals surface area contributed by atoms with Gasteiger partial charge in [-0.1, -0.05) is 20.8 Å². The molecule has 1 aliphatic heterocycles. The number of hydrogen-bond acceptors (Lipinski definition) is 4. The molecule has 1 aromatic rings. The number of aromatic nitrogens is 3. The maximum atomic E-state index is 12.4. The summed E-state index contributed by atoms with van der Waals surface area (Å²) >= 11 is 0. The van der Waals surface area contributed by atoms with Crippen LogP contribution in [-0.4, -0.2) is 63.6 Å². The van der Waals surface area contributed by atoms with Crippen LogP contribution in [0.4, 0.5) is 0 Å². The lowest BCUT2D eigenvalue weighted by atomic mass is 10.1. The molecule has 0 spiro atoms. The van der Waals surface area contributed by atoms with E-state index >= 15 is 0 Å². The first kappa shape index (κ1) is 14.0. The molecule has 0 aliphatic carbocycles. The molecular weight excluding hydrogens is 242 g/mol. The zero-order chi connectivity index (χ0) is 14.0.